The van der Waals surface area contributed by atoms with E-state index in [0.29, 0.717) is 24.2 Å². The van der Waals surface area contributed by atoms with Crippen LogP contribution in [0, 0.1) is 0 Å². The van der Waals surface area contributed by atoms with Crippen LogP contribution in [-0.2, 0) is 11.3 Å². The van der Waals surface area contributed by atoms with Crippen LogP contribution < -0.4 is 5.69 Å². The maximum atomic E-state index is 11.9. The van der Waals surface area contributed by atoms with Crippen LogP contribution in [0.2, 0.25) is 0 Å². The number of aromatic carboxylic acids is 1. The number of carbonyl (C=O) groups is 1. The van der Waals surface area contributed by atoms with E-state index < -0.39 is 5.97 Å². The molecule has 6 nitrogen and oxygen atoms in total. The van der Waals surface area contributed by atoms with E-state index in [-0.39, 0.29) is 17.4 Å². The smallest absolute Gasteiger partial charge is 0.335 e. The van der Waals surface area contributed by atoms with Crippen molar-refractivity contribution in [2.45, 2.75) is 32.9 Å². The van der Waals surface area contributed by atoms with Gasteiger partial charge in [-0.15, -0.1) is 0 Å². The molecule has 1 heterocycles. The molecule has 0 saturated heterocycles. The fraction of sp³-hybridized carbons (Fsp3) is 0.429. The summed E-state index contributed by atoms with van der Waals surface area (Å²) >= 11 is 0. The van der Waals surface area contributed by atoms with Gasteiger partial charge in [-0.1, -0.05) is 0 Å². The molecular weight excluding hydrogens is 260 g/mol. The summed E-state index contributed by atoms with van der Waals surface area (Å²) < 4.78 is 7.04. The largest absolute Gasteiger partial charge is 0.478 e. The lowest BCUT2D eigenvalue weighted by Crippen LogP contribution is -2.18. The Hall–Kier alpha value is -2.08. The molecule has 0 saturated carbocycles. The van der Waals surface area contributed by atoms with E-state index in [4.69, 9.17) is 9.84 Å². The number of rotatable bonds is 6. The molecule has 2 N–H and O–H groups in total. The number of fused-ring (bicyclic) bond motifs is 1. The van der Waals surface area contributed by atoms with Crippen molar-refractivity contribution in [2.75, 3.05) is 6.61 Å². The van der Waals surface area contributed by atoms with E-state index in [1.54, 1.807) is 10.6 Å². The molecule has 0 fully saturated rings. The molecule has 0 atom stereocenters. The highest BCUT2D eigenvalue weighted by atomic mass is 16.5. The maximum absolute atomic E-state index is 11.9. The van der Waals surface area contributed by atoms with Crippen molar-refractivity contribution in [3.05, 3.63) is 34.2 Å². The molecule has 0 unspecified atom stereocenters. The summed E-state index contributed by atoms with van der Waals surface area (Å²) in [6.45, 7) is 5.05. The van der Waals surface area contributed by atoms with Gasteiger partial charge in [-0.05, 0) is 38.5 Å². The fourth-order valence-corrected chi connectivity index (χ4v) is 2.06. The van der Waals surface area contributed by atoms with Gasteiger partial charge in [-0.3, -0.25) is 4.57 Å². The Balaban J connectivity index is 2.19. The normalized spacial score (nSPS) is 11.3. The number of aromatic amines is 1. The van der Waals surface area contributed by atoms with Crippen molar-refractivity contribution >= 4 is 17.0 Å². The number of nitrogens with one attached hydrogen (secondary N) is 1. The lowest BCUT2D eigenvalue weighted by Gasteiger charge is -2.07. The van der Waals surface area contributed by atoms with Gasteiger partial charge < -0.3 is 14.8 Å². The van der Waals surface area contributed by atoms with E-state index >= 15 is 0 Å². The van der Waals surface area contributed by atoms with Crippen LogP contribution in [0.25, 0.3) is 11.0 Å². The Morgan fingerprint density at radius 3 is 2.85 bits per heavy atom. The first-order valence-corrected chi connectivity index (χ1v) is 6.56. The zero-order chi connectivity index (χ0) is 14.7. The number of hydrogen-bond donors (Lipinski definition) is 2. The fourth-order valence-electron chi connectivity index (χ4n) is 2.06. The highest BCUT2D eigenvalue weighted by Gasteiger charge is 2.10. The second-order valence-corrected chi connectivity index (χ2v) is 4.89. The first-order valence-electron chi connectivity index (χ1n) is 6.56. The lowest BCUT2D eigenvalue weighted by atomic mass is 10.2. The van der Waals surface area contributed by atoms with Crippen molar-refractivity contribution in [3.63, 3.8) is 0 Å². The molecule has 0 radical (unpaired) electrons. The molecule has 0 aliphatic heterocycles. The van der Waals surface area contributed by atoms with Gasteiger partial charge in [0.25, 0.3) is 0 Å². The first kappa shape index (κ1) is 14.3. The van der Waals surface area contributed by atoms with Gasteiger partial charge >= 0.3 is 11.7 Å². The Bertz CT molecular complexity index is 669. The number of benzene rings is 1. The Kier molecular flexibility index (Phi) is 4.24. The summed E-state index contributed by atoms with van der Waals surface area (Å²) in [6, 6.07) is 4.62. The quantitative estimate of drug-likeness (QED) is 0.790. The van der Waals surface area contributed by atoms with E-state index in [0.717, 1.165) is 6.42 Å². The van der Waals surface area contributed by atoms with Gasteiger partial charge in [0.2, 0.25) is 0 Å². The van der Waals surface area contributed by atoms with Gasteiger partial charge in [0.05, 0.1) is 22.7 Å². The molecule has 2 rings (SSSR count). The number of carboxylic acids is 1. The number of carboxylic acid groups (broad SMARTS) is 1. The summed E-state index contributed by atoms with van der Waals surface area (Å²) in [5.74, 6) is -1.01. The van der Waals surface area contributed by atoms with Crippen LogP contribution in [0.15, 0.2) is 23.0 Å². The van der Waals surface area contributed by atoms with Crippen LogP contribution in [0.3, 0.4) is 0 Å². The molecule has 0 aliphatic carbocycles. The number of aryl methyl sites for hydroxylation is 1. The minimum absolute atomic E-state index is 0.161. The highest BCUT2D eigenvalue weighted by Crippen LogP contribution is 2.13. The van der Waals surface area contributed by atoms with E-state index in [2.05, 4.69) is 4.98 Å². The van der Waals surface area contributed by atoms with Crippen molar-refractivity contribution in [1.29, 1.82) is 0 Å². The number of hydrogen-bond acceptors (Lipinski definition) is 3. The Morgan fingerprint density at radius 1 is 1.45 bits per heavy atom. The summed E-state index contributed by atoms with van der Waals surface area (Å²) in [4.78, 5) is 25.4. The minimum atomic E-state index is -1.01. The Labute approximate surface area is 116 Å². The summed E-state index contributed by atoms with van der Waals surface area (Å²) in [5.41, 5.74) is 1.19. The summed E-state index contributed by atoms with van der Waals surface area (Å²) in [7, 11) is 0. The standard InChI is InChI=1S/C14H18N2O4/c1-9(2)20-7-3-6-16-12-5-4-10(13(17)18)8-11(12)15-14(16)19/h4-5,8-9H,3,6-7H2,1-2H3,(H,15,19)(H,17,18). The monoisotopic (exact) mass is 278 g/mol. The molecule has 20 heavy (non-hydrogen) atoms. The van der Waals surface area contributed by atoms with Gasteiger partial charge in [0.1, 0.15) is 0 Å². The predicted molar refractivity (Wildman–Crippen MR) is 75.2 cm³/mol. The van der Waals surface area contributed by atoms with E-state index in [1.165, 1.54) is 12.1 Å². The molecule has 6 heteroatoms. The van der Waals surface area contributed by atoms with Crippen molar-refractivity contribution in [3.8, 4) is 0 Å². The van der Waals surface area contributed by atoms with Crippen LogP contribution in [0.5, 0.6) is 0 Å². The number of nitrogens with zero attached hydrogens (tertiary/aromatic N) is 1. The third-order valence-electron chi connectivity index (χ3n) is 3.00. The van der Waals surface area contributed by atoms with Gasteiger partial charge in [0.15, 0.2) is 0 Å². The third-order valence-corrected chi connectivity index (χ3v) is 3.00. The average Bonchev–Trinajstić information content (AvgIpc) is 2.69. The van der Waals surface area contributed by atoms with Crippen molar-refractivity contribution in [1.82, 2.24) is 9.55 Å². The van der Waals surface area contributed by atoms with Gasteiger partial charge in [-0.25, -0.2) is 9.59 Å². The van der Waals surface area contributed by atoms with Crippen LogP contribution >= 0.6 is 0 Å². The van der Waals surface area contributed by atoms with Crippen molar-refractivity contribution in [2.24, 2.45) is 0 Å². The molecular formula is C14H18N2O4. The van der Waals surface area contributed by atoms with Crippen LogP contribution in [-0.4, -0.2) is 33.3 Å². The average molecular weight is 278 g/mol. The zero-order valence-corrected chi connectivity index (χ0v) is 11.5. The van der Waals surface area contributed by atoms with Crippen LogP contribution in [0.1, 0.15) is 30.6 Å². The molecule has 0 bridgehead atoms. The SMILES string of the molecule is CC(C)OCCCn1c(=O)[nH]c2cc(C(=O)O)ccc21. The highest BCUT2D eigenvalue weighted by molar-refractivity contribution is 5.92. The van der Waals surface area contributed by atoms with Gasteiger partial charge in [-0.2, -0.15) is 0 Å². The molecule has 0 spiro atoms. The number of ether oxygens (including phenoxy) is 1. The molecule has 0 amide bonds. The van der Waals surface area contributed by atoms with Gasteiger partial charge in [0, 0.05) is 13.2 Å². The van der Waals surface area contributed by atoms with E-state index in [1.807, 2.05) is 13.8 Å². The van der Waals surface area contributed by atoms with Crippen molar-refractivity contribution < 1.29 is 14.6 Å². The maximum Gasteiger partial charge on any atom is 0.335 e. The Morgan fingerprint density at radius 2 is 2.20 bits per heavy atom. The number of aromatic nitrogens is 2. The molecule has 0 aliphatic rings. The topological polar surface area (TPSA) is 84.3 Å². The number of imidazole rings is 1. The summed E-state index contributed by atoms with van der Waals surface area (Å²) in [5, 5.41) is 8.93. The molecule has 1 aromatic heterocycles. The first-order chi connectivity index (χ1) is 9.49. The number of H-pyrrole nitrogens is 1. The summed E-state index contributed by atoms with van der Waals surface area (Å²) in [6.07, 6.45) is 0.902. The predicted octanol–water partition coefficient (Wildman–Crippen LogP) is 1.84. The third kappa shape index (κ3) is 3.08. The molecule has 108 valence electrons. The molecule has 1 aromatic carbocycles. The zero-order valence-electron chi connectivity index (χ0n) is 11.5. The lowest BCUT2D eigenvalue weighted by molar-refractivity contribution is 0.0696. The second kappa shape index (κ2) is 5.92. The van der Waals surface area contributed by atoms with Crippen LogP contribution in [0.4, 0.5) is 0 Å². The molecule has 2 aromatic rings. The second-order valence-electron chi connectivity index (χ2n) is 4.89. The van der Waals surface area contributed by atoms with E-state index in [9.17, 15) is 9.59 Å². The minimum Gasteiger partial charge on any atom is -0.478 e.